The molecule has 184 valence electrons. The zero-order valence-corrected chi connectivity index (χ0v) is 19.8. The Balaban J connectivity index is 1.61. The first-order chi connectivity index (χ1) is 16.7. The van der Waals surface area contributed by atoms with Gasteiger partial charge in [0.15, 0.2) is 0 Å². The van der Waals surface area contributed by atoms with E-state index in [0.29, 0.717) is 30.2 Å². The molecule has 1 aliphatic rings. The Labute approximate surface area is 201 Å². The van der Waals surface area contributed by atoms with Crippen molar-refractivity contribution < 1.29 is 19.0 Å². The predicted octanol–water partition coefficient (Wildman–Crippen LogP) is 3.65. The molecule has 10 heteroatoms. The van der Waals surface area contributed by atoms with Crippen LogP contribution in [0.5, 0.6) is 0 Å². The lowest BCUT2D eigenvalue weighted by Crippen LogP contribution is -2.22. The minimum absolute atomic E-state index is 0.234. The maximum Gasteiger partial charge on any atom is 0.295 e. The molecule has 2 aromatic carbocycles. The molecule has 0 saturated carbocycles. The number of β-amino-alcohol motifs (C(OH)–C–C–N with tert-alkyl or cyclic N) is 1. The van der Waals surface area contributed by atoms with Gasteiger partial charge in [0.2, 0.25) is 0 Å². The van der Waals surface area contributed by atoms with Gasteiger partial charge in [0.25, 0.3) is 5.92 Å². The van der Waals surface area contributed by atoms with E-state index in [1.165, 1.54) is 12.1 Å². The van der Waals surface area contributed by atoms with Crippen LogP contribution < -0.4 is 10.2 Å². The molecule has 0 bridgehead atoms. The van der Waals surface area contributed by atoms with Gasteiger partial charge in [-0.1, -0.05) is 18.2 Å². The third kappa shape index (κ3) is 4.17. The monoisotopic (exact) mass is 482 g/mol. The summed E-state index contributed by atoms with van der Waals surface area (Å²) in [5.41, 5.74) is 3.03. The maximum absolute atomic E-state index is 14.1. The second-order valence-electron chi connectivity index (χ2n) is 9.18. The molecule has 8 nitrogen and oxygen atoms in total. The van der Waals surface area contributed by atoms with Gasteiger partial charge in [-0.2, -0.15) is 13.9 Å². The second-order valence-corrected chi connectivity index (χ2v) is 9.18. The summed E-state index contributed by atoms with van der Waals surface area (Å²) in [7, 11) is 1.88. The van der Waals surface area contributed by atoms with Gasteiger partial charge in [0.1, 0.15) is 18.2 Å². The van der Waals surface area contributed by atoms with Gasteiger partial charge < -0.3 is 20.4 Å². The third-order valence-corrected chi connectivity index (χ3v) is 6.64. The smallest absolute Gasteiger partial charge is 0.295 e. The summed E-state index contributed by atoms with van der Waals surface area (Å²) in [4.78, 5) is 11.5. The average molecular weight is 483 g/mol. The van der Waals surface area contributed by atoms with Crippen LogP contribution in [0.25, 0.3) is 21.8 Å². The summed E-state index contributed by atoms with van der Waals surface area (Å²) in [5.74, 6) is -2.15. The molecule has 0 radical (unpaired) electrons. The zero-order chi connectivity index (χ0) is 24.9. The van der Waals surface area contributed by atoms with Crippen LogP contribution in [0.4, 0.5) is 20.3 Å². The number of benzene rings is 2. The Morgan fingerprint density at radius 2 is 2.03 bits per heavy atom. The van der Waals surface area contributed by atoms with E-state index in [1.54, 1.807) is 18.3 Å². The van der Waals surface area contributed by atoms with Gasteiger partial charge in [-0.05, 0) is 38.0 Å². The Morgan fingerprint density at radius 1 is 1.23 bits per heavy atom. The van der Waals surface area contributed by atoms with Crippen molar-refractivity contribution in [3.8, 4) is 0 Å². The topological polar surface area (TPSA) is 99.3 Å². The minimum Gasteiger partial charge on any atom is -0.391 e. The summed E-state index contributed by atoms with van der Waals surface area (Å²) in [5, 5.41) is 28.7. The predicted molar refractivity (Wildman–Crippen MR) is 131 cm³/mol. The van der Waals surface area contributed by atoms with E-state index in [4.69, 9.17) is 10.1 Å². The van der Waals surface area contributed by atoms with Crippen molar-refractivity contribution in [1.29, 1.82) is 0 Å². The number of nitrogens with one attached hydrogen (secondary N) is 1. The minimum atomic E-state index is -3.31. The van der Waals surface area contributed by atoms with E-state index in [-0.39, 0.29) is 17.7 Å². The summed E-state index contributed by atoms with van der Waals surface area (Å²) in [6, 6.07) is 7.71. The van der Waals surface area contributed by atoms with E-state index in [1.807, 2.05) is 31.6 Å². The second kappa shape index (κ2) is 8.69. The number of hydrogen-bond acceptors (Lipinski definition) is 7. The number of aryl methyl sites for hydroxylation is 2. The fourth-order valence-corrected chi connectivity index (χ4v) is 4.77. The number of rotatable bonds is 6. The largest absolute Gasteiger partial charge is 0.391 e. The Kier molecular flexibility index (Phi) is 5.80. The first-order valence-electron chi connectivity index (χ1n) is 11.6. The van der Waals surface area contributed by atoms with Crippen molar-refractivity contribution in [3.05, 3.63) is 53.5 Å². The highest BCUT2D eigenvalue weighted by molar-refractivity contribution is 6.12. The van der Waals surface area contributed by atoms with Crippen molar-refractivity contribution in [2.75, 3.05) is 29.9 Å². The summed E-state index contributed by atoms with van der Waals surface area (Å²) >= 11 is 0. The van der Waals surface area contributed by atoms with E-state index < -0.39 is 12.5 Å². The molecule has 2 aromatic heterocycles. The third-order valence-electron chi connectivity index (χ3n) is 6.64. The van der Waals surface area contributed by atoms with Crippen LogP contribution in [-0.4, -0.2) is 55.8 Å². The molecule has 35 heavy (non-hydrogen) atoms. The summed E-state index contributed by atoms with van der Waals surface area (Å²) < 4.78 is 29.9. The molecule has 1 unspecified atom stereocenters. The number of alkyl halides is 2. The van der Waals surface area contributed by atoms with Crippen LogP contribution in [0.1, 0.15) is 36.3 Å². The summed E-state index contributed by atoms with van der Waals surface area (Å²) in [6.07, 6.45) is 2.09. The van der Waals surface area contributed by atoms with Crippen molar-refractivity contribution in [3.63, 3.8) is 0 Å². The lowest BCUT2D eigenvalue weighted by molar-refractivity contribution is -0.0556. The molecule has 5 rings (SSSR count). The van der Waals surface area contributed by atoms with Crippen LogP contribution >= 0.6 is 0 Å². The van der Waals surface area contributed by atoms with E-state index in [9.17, 15) is 13.9 Å². The molecular formula is C25H28F2N6O2. The van der Waals surface area contributed by atoms with Gasteiger partial charge >= 0.3 is 0 Å². The van der Waals surface area contributed by atoms with Crippen molar-refractivity contribution in [2.45, 2.75) is 38.3 Å². The molecule has 1 fully saturated rings. The van der Waals surface area contributed by atoms with Gasteiger partial charge in [-0.15, -0.1) is 0 Å². The average Bonchev–Trinajstić information content (AvgIpc) is 3.45. The van der Waals surface area contributed by atoms with Gasteiger partial charge in [-0.25, -0.2) is 9.97 Å². The molecule has 2 atom stereocenters. The number of aliphatic hydroxyl groups is 2. The number of hydrogen-bond donors (Lipinski definition) is 3. The molecule has 0 aliphatic carbocycles. The lowest BCUT2D eigenvalue weighted by Gasteiger charge is -2.22. The Morgan fingerprint density at radius 3 is 2.74 bits per heavy atom. The molecule has 4 aromatic rings. The van der Waals surface area contributed by atoms with Crippen molar-refractivity contribution in [2.24, 2.45) is 7.05 Å². The van der Waals surface area contributed by atoms with E-state index >= 15 is 0 Å². The number of halogens is 2. The molecular weight excluding hydrogens is 454 g/mol. The Hall–Kier alpha value is -3.37. The standard InChI is InChI=1S/C25H28F2N6O2/c1-14(16-5-4-6-17(9-16)25(26,27)13-34)29-24-19-10-21(33-8-7-18(35)12-33)23-20(11-28-32(23)3)22(19)30-15(2)31-24/h4-6,9-11,14,18,34-35H,7-8,12-13H2,1-3H3,(H,29,30,31)/t14?,18-/m0/s1. The molecule has 0 amide bonds. The maximum atomic E-state index is 14.1. The highest BCUT2D eigenvalue weighted by atomic mass is 19.3. The SMILES string of the molecule is Cc1nc(NC(C)c2cccc(C(F)(F)CO)c2)c2cc(N3CC[C@H](O)C3)c3c(cnn3C)c2n1. The van der Waals surface area contributed by atoms with Gasteiger partial charge in [-0.3, -0.25) is 4.68 Å². The van der Waals surface area contributed by atoms with Crippen LogP contribution in [-0.2, 0) is 13.0 Å². The molecule has 3 heterocycles. The quantitative estimate of drug-likeness (QED) is 0.386. The van der Waals surface area contributed by atoms with Crippen molar-refractivity contribution >= 4 is 33.3 Å². The van der Waals surface area contributed by atoms with Gasteiger partial charge in [0.05, 0.1) is 29.0 Å². The number of aliphatic hydroxyl groups excluding tert-OH is 2. The zero-order valence-electron chi connectivity index (χ0n) is 19.8. The van der Waals surface area contributed by atoms with Crippen LogP contribution in [0, 0.1) is 6.92 Å². The highest BCUT2D eigenvalue weighted by Crippen LogP contribution is 2.38. The first kappa shape index (κ1) is 23.4. The van der Waals surface area contributed by atoms with Crippen LogP contribution in [0.15, 0.2) is 36.5 Å². The number of fused-ring (bicyclic) bond motifs is 3. The molecule has 1 saturated heterocycles. The summed E-state index contributed by atoms with van der Waals surface area (Å²) in [6.45, 7) is 3.70. The van der Waals surface area contributed by atoms with Gasteiger partial charge in [0, 0.05) is 42.5 Å². The fourth-order valence-electron chi connectivity index (χ4n) is 4.77. The molecule has 1 aliphatic heterocycles. The number of aromatic nitrogens is 4. The molecule has 3 N–H and O–H groups in total. The number of anilines is 2. The first-order valence-corrected chi connectivity index (χ1v) is 11.6. The van der Waals surface area contributed by atoms with Crippen LogP contribution in [0.2, 0.25) is 0 Å². The lowest BCUT2D eigenvalue weighted by atomic mass is 10.0. The fraction of sp³-hybridized carbons (Fsp3) is 0.400. The van der Waals surface area contributed by atoms with E-state index in [2.05, 4.69) is 20.3 Å². The normalized spacial score (nSPS) is 17.5. The Bertz CT molecular complexity index is 1410. The molecule has 0 spiro atoms. The number of nitrogens with zero attached hydrogens (tertiary/aromatic N) is 5. The van der Waals surface area contributed by atoms with E-state index in [0.717, 1.165) is 34.0 Å². The van der Waals surface area contributed by atoms with Crippen LogP contribution in [0.3, 0.4) is 0 Å². The highest BCUT2D eigenvalue weighted by Gasteiger charge is 2.31. The van der Waals surface area contributed by atoms with Crippen molar-refractivity contribution in [1.82, 2.24) is 19.7 Å².